The summed E-state index contributed by atoms with van der Waals surface area (Å²) in [5.41, 5.74) is 2.24. The first-order valence-electron chi connectivity index (χ1n) is 5.92. The number of rotatable bonds is 3. The Hall–Kier alpha value is -2.50. The van der Waals surface area contributed by atoms with Crippen LogP contribution in [0.3, 0.4) is 0 Å². The van der Waals surface area contributed by atoms with E-state index in [1.807, 2.05) is 18.2 Å². The Morgan fingerprint density at radius 3 is 3.00 bits per heavy atom. The van der Waals surface area contributed by atoms with Crippen LogP contribution in [0.1, 0.15) is 11.1 Å². The Morgan fingerprint density at radius 1 is 1.37 bits per heavy atom. The summed E-state index contributed by atoms with van der Waals surface area (Å²) in [4.78, 5) is 22.4. The Morgan fingerprint density at radius 2 is 2.21 bits per heavy atom. The lowest BCUT2D eigenvalue weighted by molar-refractivity contribution is -0.136. The molecule has 0 fully saturated rings. The quantitative estimate of drug-likeness (QED) is 0.765. The predicted octanol–water partition coefficient (Wildman–Crippen LogP) is 0.932. The number of carboxylic acid groups (broad SMARTS) is 1. The zero-order valence-corrected chi connectivity index (χ0v) is 10.0. The van der Waals surface area contributed by atoms with Crippen LogP contribution in [0, 0.1) is 0 Å². The van der Waals surface area contributed by atoms with E-state index in [4.69, 9.17) is 9.84 Å². The minimum atomic E-state index is -1.03. The molecule has 1 aromatic carbocycles. The molecule has 2 aromatic rings. The standard InChI is InChI=1S/C13H12N2O4/c16-11(17)6-9-12(14-15-13(9)18)8-1-2-10-7(5-8)3-4-19-10/h1-2,5H,3-4,6H2,(H,16,17)(H2,14,15,18). The van der Waals surface area contributed by atoms with Gasteiger partial charge in [-0.15, -0.1) is 0 Å². The highest BCUT2D eigenvalue weighted by atomic mass is 16.5. The molecule has 3 N–H and O–H groups in total. The van der Waals surface area contributed by atoms with Gasteiger partial charge in [0.25, 0.3) is 5.56 Å². The maximum Gasteiger partial charge on any atom is 0.308 e. The third-order valence-corrected chi connectivity index (χ3v) is 3.18. The van der Waals surface area contributed by atoms with Gasteiger partial charge in [0.2, 0.25) is 0 Å². The summed E-state index contributed by atoms with van der Waals surface area (Å²) < 4.78 is 5.42. The molecule has 3 rings (SSSR count). The zero-order chi connectivity index (χ0) is 13.4. The van der Waals surface area contributed by atoms with E-state index in [-0.39, 0.29) is 12.0 Å². The Bertz CT molecular complexity index is 699. The van der Waals surface area contributed by atoms with Gasteiger partial charge in [0, 0.05) is 12.0 Å². The van der Waals surface area contributed by atoms with Crippen LogP contribution < -0.4 is 10.3 Å². The SMILES string of the molecule is O=C(O)Cc1c(-c2ccc3c(c2)CCO3)[nH][nH]c1=O. The fourth-order valence-electron chi connectivity index (χ4n) is 2.29. The number of aromatic nitrogens is 2. The molecule has 98 valence electrons. The van der Waals surface area contributed by atoms with Gasteiger partial charge in [0.15, 0.2) is 0 Å². The lowest BCUT2D eigenvalue weighted by Gasteiger charge is -2.04. The summed E-state index contributed by atoms with van der Waals surface area (Å²) in [5, 5.41) is 14.0. The smallest absolute Gasteiger partial charge is 0.308 e. The zero-order valence-electron chi connectivity index (χ0n) is 10.0. The van der Waals surface area contributed by atoms with E-state index in [1.54, 1.807) is 0 Å². The average Bonchev–Trinajstić information content (AvgIpc) is 2.96. The molecule has 0 unspecified atom stereocenters. The second kappa shape index (κ2) is 4.31. The van der Waals surface area contributed by atoms with Gasteiger partial charge >= 0.3 is 5.97 Å². The van der Waals surface area contributed by atoms with Gasteiger partial charge in [0.1, 0.15) is 5.75 Å². The first-order valence-corrected chi connectivity index (χ1v) is 5.92. The van der Waals surface area contributed by atoms with Crippen molar-refractivity contribution >= 4 is 5.97 Å². The lowest BCUT2D eigenvalue weighted by Crippen LogP contribution is -2.11. The fraction of sp³-hybridized carbons (Fsp3) is 0.231. The third-order valence-electron chi connectivity index (χ3n) is 3.18. The summed E-state index contributed by atoms with van der Waals surface area (Å²) in [6.07, 6.45) is 0.522. The molecule has 0 saturated heterocycles. The van der Waals surface area contributed by atoms with Gasteiger partial charge in [0.05, 0.1) is 24.3 Å². The molecular weight excluding hydrogens is 248 g/mol. The summed E-state index contributed by atoms with van der Waals surface area (Å²) in [6.45, 7) is 0.657. The number of nitrogens with one attached hydrogen (secondary N) is 2. The molecule has 1 aliphatic heterocycles. The average molecular weight is 260 g/mol. The fourth-order valence-corrected chi connectivity index (χ4v) is 2.29. The highest BCUT2D eigenvalue weighted by Gasteiger charge is 2.18. The van der Waals surface area contributed by atoms with Crippen LogP contribution in [-0.2, 0) is 17.6 Å². The normalized spacial score (nSPS) is 13.1. The summed E-state index contributed by atoms with van der Waals surface area (Å²) in [6, 6.07) is 5.58. The Labute approximate surface area is 108 Å². The molecule has 0 atom stereocenters. The molecule has 1 aromatic heterocycles. The first kappa shape index (κ1) is 11.6. The second-order valence-corrected chi connectivity index (χ2v) is 4.42. The molecule has 0 bridgehead atoms. The number of benzene rings is 1. The van der Waals surface area contributed by atoms with Crippen LogP contribution >= 0.6 is 0 Å². The summed E-state index contributed by atoms with van der Waals surface area (Å²) in [5.74, 6) is -0.183. The van der Waals surface area contributed by atoms with E-state index in [0.717, 1.165) is 23.3 Å². The topological polar surface area (TPSA) is 95.2 Å². The number of aliphatic carboxylic acids is 1. The molecule has 0 aliphatic carbocycles. The van der Waals surface area contributed by atoms with E-state index in [0.29, 0.717) is 12.3 Å². The molecule has 19 heavy (non-hydrogen) atoms. The van der Waals surface area contributed by atoms with Crippen LogP contribution in [0.15, 0.2) is 23.0 Å². The number of H-pyrrole nitrogens is 2. The van der Waals surface area contributed by atoms with E-state index in [9.17, 15) is 9.59 Å². The molecule has 0 saturated carbocycles. The number of fused-ring (bicyclic) bond motifs is 1. The maximum atomic E-state index is 11.6. The number of ether oxygens (including phenoxy) is 1. The van der Waals surface area contributed by atoms with Gasteiger partial charge < -0.3 is 9.84 Å². The van der Waals surface area contributed by atoms with Crippen LogP contribution in [-0.4, -0.2) is 27.9 Å². The molecule has 0 radical (unpaired) electrons. The van der Waals surface area contributed by atoms with Crippen molar-refractivity contribution in [3.63, 3.8) is 0 Å². The van der Waals surface area contributed by atoms with Crippen molar-refractivity contribution in [1.29, 1.82) is 0 Å². The maximum absolute atomic E-state index is 11.6. The predicted molar refractivity (Wildman–Crippen MR) is 67.4 cm³/mol. The van der Waals surface area contributed by atoms with Crippen molar-refractivity contribution < 1.29 is 14.6 Å². The Kier molecular flexibility index (Phi) is 2.63. The van der Waals surface area contributed by atoms with Crippen molar-refractivity contribution in [3.05, 3.63) is 39.7 Å². The number of hydrogen-bond acceptors (Lipinski definition) is 3. The number of carboxylic acids is 1. The number of carbonyl (C=O) groups is 1. The summed E-state index contributed by atoms with van der Waals surface area (Å²) in [7, 11) is 0. The van der Waals surface area contributed by atoms with E-state index in [1.165, 1.54) is 0 Å². The van der Waals surface area contributed by atoms with E-state index < -0.39 is 11.5 Å². The molecular formula is C13H12N2O4. The second-order valence-electron chi connectivity index (χ2n) is 4.42. The van der Waals surface area contributed by atoms with Gasteiger partial charge in [-0.1, -0.05) is 0 Å². The third kappa shape index (κ3) is 2.01. The van der Waals surface area contributed by atoms with Crippen molar-refractivity contribution in [2.24, 2.45) is 0 Å². The van der Waals surface area contributed by atoms with Gasteiger partial charge in [-0.25, -0.2) is 0 Å². The van der Waals surface area contributed by atoms with E-state index >= 15 is 0 Å². The van der Waals surface area contributed by atoms with Crippen molar-refractivity contribution in [1.82, 2.24) is 10.2 Å². The van der Waals surface area contributed by atoms with Crippen LogP contribution in [0.2, 0.25) is 0 Å². The van der Waals surface area contributed by atoms with Crippen LogP contribution in [0.5, 0.6) is 5.75 Å². The van der Waals surface area contributed by atoms with Crippen molar-refractivity contribution in [3.8, 4) is 17.0 Å². The monoisotopic (exact) mass is 260 g/mol. The van der Waals surface area contributed by atoms with Crippen molar-refractivity contribution in [2.45, 2.75) is 12.8 Å². The Balaban J connectivity index is 2.07. The van der Waals surface area contributed by atoms with Crippen LogP contribution in [0.4, 0.5) is 0 Å². The molecule has 2 heterocycles. The molecule has 1 aliphatic rings. The lowest BCUT2D eigenvalue weighted by atomic mass is 10.0. The summed E-state index contributed by atoms with van der Waals surface area (Å²) >= 11 is 0. The first-order chi connectivity index (χ1) is 9.15. The highest BCUT2D eigenvalue weighted by Crippen LogP contribution is 2.30. The van der Waals surface area contributed by atoms with E-state index in [2.05, 4.69) is 10.2 Å². The number of hydrogen-bond donors (Lipinski definition) is 3. The van der Waals surface area contributed by atoms with Gasteiger partial charge in [-0.3, -0.25) is 19.8 Å². The largest absolute Gasteiger partial charge is 0.493 e. The minimum Gasteiger partial charge on any atom is -0.493 e. The molecule has 0 spiro atoms. The van der Waals surface area contributed by atoms with Crippen LogP contribution in [0.25, 0.3) is 11.3 Å². The van der Waals surface area contributed by atoms with Crippen molar-refractivity contribution in [2.75, 3.05) is 6.61 Å². The highest BCUT2D eigenvalue weighted by molar-refractivity contribution is 5.75. The molecule has 0 amide bonds. The minimum absolute atomic E-state index is 0.242. The van der Waals surface area contributed by atoms with Gasteiger partial charge in [-0.2, -0.15) is 0 Å². The van der Waals surface area contributed by atoms with Gasteiger partial charge in [-0.05, 0) is 23.8 Å². The molecule has 6 nitrogen and oxygen atoms in total. The molecule has 6 heteroatoms. The number of aromatic amines is 2.